The number of aryl methyl sites for hydroxylation is 1. The zero-order valence-corrected chi connectivity index (χ0v) is 17.5. The van der Waals surface area contributed by atoms with Crippen molar-refractivity contribution in [1.82, 2.24) is 9.80 Å². The van der Waals surface area contributed by atoms with Gasteiger partial charge in [-0.15, -0.1) is 11.3 Å². The van der Waals surface area contributed by atoms with E-state index in [0.717, 1.165) is 26.1 Å². The molecule has 1 atom stereocenters. The maximum Gasteiger partial charge on any atom is 0.422 e. The summed E-state index contributed by atoms with van der Waals surface area (Å²) in [5.41, 5.74) is 0.941. The molecule has 1 aromatic rings. The molecule has 1 aliphatic carbocycles. The van der Waals surface area contributed by atoms with E-state index in [1.54, 1.807) is 17.5 Å². The van der Waals surface area contributed by atoms with E-state index in [-0.39, 0.29) is 12.3 Å². The number of carbonyl (C=O) groups is 3. The van der Waals surface area contributed by atoms with Crippen LogP contribution in [0.1, 0.15) is 54.9 Å². The second-order valence-corrected chi connectivity index (χ2v) is 9.83. The van der Waals surface area contributed by atoms with Crippen molar-refractivity contribution in [2.45, 2.75) is 56.8 Å². The second-order valence-electron chi connectivity index (χ2n) is 8.83. The molecule has 156 valence electrons. The number of ether oxygens (including phenoxy) is 2. The van der Waals surface area contributed by atoms with Gasteiger partial charge in [0.1, 0.15) is 0 Å². The van der Waals surface area contributed by atoms with Crippen molar-refractivity contribution in [3.8, 4) is 0 Å². The summed E-state index contributed by atoms with van der Waals surface area (Å²) in [5, 5.41) is 2.22. The summed E-state index contributed by atoms with van der Waals surface area (Å²) in [7, 11) is 1.55. The SMILES string of the molecule is CN1C(=O)C2(CCN(CCC3CCCc4sccc43)CC2)CC12OC(=O)C(=O)O2. The molecule has 2 spiro atoms. The van der Waals surface area contributed by atoms with Gasteiger partial charge in [-0.3, -0.25) is 9.69 Å². The first-order valence-electron chi connectivity index (χ1n) is 10.5. The van der Waals surface area contributed by atoms with Gasteiger partial charge in [0.25, 0.3) is 0 Å². The molecule has 29 heavy (non-hydrogen) atoms. The van der Waals surface area contributed by atoms with E-state index in [0.29, 0.717) is 18.8 Å². The minimum Gasteiger partial charge on any atom is -0.395 e. The maximum absolute atomic E-state index is 13.0. The van der Waals surface area contributed by atoms with E-state index in [2.05, 4.69) is 16.3 Å². The van der Waals surface area contributed by atoms with Gasteiger partial charge in [0.2, 0.25) is 5.91 Å². The molecular weight excluding hydrogens is 392 g/mol. The molecule has 1 amide bonds. The number of carbonyl (C=O) groups excluding carboxylic acids is 3. The highest BCUT2D eigenvalue weighted by atomic mass is 32.1. The lowest BCUT2D eigenvalue weighted by atomic mass is 9.76. The Morgan fingerprint density at radius 2 is 1.90 bits per heavy atom. The molecule has 0 saturated carbocycles. The van der Waals surface area contributed by atoms with Gasteiger partial charge in [-0.25, -0.2) is 9.59 Å². The molecule has 7 nitrogen and oxygen atoms in total. The second kappa shape index (κ2) is 6.80. The van der Waals surface area contributed by atoms with Crippen molar-refractivity contribution in [2.24, 2.45) is 5.41 Å². The fourth-order valence-corrected chi connectivity index (χ4v) is 6.56. The summed E-state index contributed by atoms with van der Waals surface area (Å²) in [4.78, 5) is 41.5. The minimum atomic E-state index is -1.54. The summed E-state index contributed by atoms with van der Waals surface area (Å²) >= 11 is 1.89. The lowest BCUT2D eigenvalue weighted by molar-refractivity contribution is -0.229. The van der Waals surface area contributed by atoms with E-state index in [1.807, 2.05) is 11.3 Å². The summed E-state index contributed by atoms with van der Waals surface area (Å²) < 4.78 is 10.4. The minimum absolute atomic E-state index is 0.0881. The lowest BCUT2D eigenvalue weighted by Gasteiger charge is -2.38. The highest BCUT2D eigenvalue weighted by Crippen LogP contribution is 2.51. The molecule has 1 unspecified atom stereocenters. The highest BCUT2D eigenvalue weighted by Gasteiger charge is 2.66. The van der Waals surface area contributed by atoms with Crippen LogP contribution >= 0.6 is 11.3 Å². The summed E-state index contributed by atoms with van der Waals surface area (Å²) in [5.74, 6) is -3.00. The molecule has 3 aliphatic heterocycles. The molecule has 4 heterocycles. The van der Waals surface area contributed by atoms with Gasteiger partial charge >= 0.3 is 17.8 Å². The van der Waals surface area contributed by atoms with E-state index in [1.165, 1.54) is 24.2 Å². The van der Waals surface area contributed by atoms with Crippen LogP contribution in [0.5, 0.6) is 0 Å². The molecule has 0 N–H and O–H groups in total. The number of esters is 2. The predicted molar refractivity (Wildman–Crippen MR) is 105 cm³/mol. The van der Waals surface area contributed by atoms with Crippen molar-refractivity contribution < 1.29 is 23.9 Å². The number of hydrogen-bond donors (Lipinski definition) is 0. The molecular formula is C21H26N2O5S. The monoisotopic (exact) mass is 418 g/mol. The van der Waals surface area contributed by atoms with Gasteiger partial charge in [0.05, 0.1) is 11.8 Å². The Morgan fingerprint density at radius 3 is 2.62 bits per heavy atom. The van der Waals surface area contributed by atoms with Crippen molar-refractivity contribution in [1.29, 1.82) is 0 Å². The number of thiophene rings is 1. The molecule has 5 rings (SSSR count). The van der Waals surface area contributed by atoms with Crippen LogP contribution in [-0.4, -0.2) is 60.2 Å². The fraction of sp³-hybridized carbons (Fsp3) is 0.667. The Balaban J connectivity index is 1.20. The number of likely N-dealkylation sites (tertiary alicyclic amines) is 2. The van der Waals surface area contributed by atoms with Crippen LogP contribution in [0.25, 0.3) is 0 Å². The van der Waals surface area contributed by atoms with Crippen LogP contribution in [0.3, 0.4) is 0 Å². The van der Waals surface area contributed by atoms with Crippen LogP contribution in [0.4, 0.5) is 0 Å². The molecule has 0 aromatic carbocycles. The van der Waals surface area contributed by atoms with E-state index in [4.69, 9.17) is 9.47 Å². The largest absolute Gasteiger partial charge is 0.422 e. The smallest absolute Gasteiger partial charge is 0.395 e. The number of amides is 1. The van der Waals surface area contributed by atoms with Crippen LogP contribution in [-0.2, 0) is 30.3 Å². The van der Waals surface area contributed by atoms with E-state index >= 15 is 0 Å². The maximum atomic E-state index is 13.0. The summed E-state index contributed by atoms with van der Waals surface area (Å²) in [6.45, 7) is 2.71. The zero-order valence-electron chi connectivity index (χ0n) is 16.6. The molecule has 4 aliphatic rings. The van der Waals surface area contributed by atoms with Gasteiger partial charge in [-0.1, -0.05) is 0 Å². The standard InChI is InChI=1S/C21H26N2O5S/c1-22-19(26)20(13-21(22)27-17(24)18(25)28-21)7-10-23(11-8-20)9-5-14-3-2-4-16-15(14)6-12-29-16/h6,12,14H,2-5,7-11,13H2,1H3. The summed E-state index contributed by atoms with van der Waals surface area (Å²) in [6, 6.07) is 2.30. The predicted octanol–water partition coefficient (Wildman–Crippen LogP) is 2.26. The van der Waals surface area contributed by atoms with Crippen molar-refractivity contribution >= 4 is 29.2 Å². The summed E-state index contributed by atoms with van der Waals surface area (Å²) in [6.07, 6.45) is 6.56. The van der Waals surface area contributed by atoms with Crippen molar-refractivity contribution in [3.63, 3.8) is 0 Å². The van der Waals surface area contributed by atoms with Gasteiger partial charge < -0.3 is 14.4 Å². The van der Waals surface area contributed by atoms with Gasteiger partial charge in [-0.05, 0) is 81.1 Å². The van der Waals surface area contributed by atoms with E-state index < -0.39 is 23.3 Å². The van der Waals surface area contributed by atoms with Crippen LogP contribution < -0.4 is 0 Å². The van der Waals surface area contributed by atoms with Gasteiger partial charge in [0, 0.05) is 11.9 Å². The Hall–Kier alpha value is -1.93. The van der Waals surface area contributed by atoms with Crippen LogP contribution in [0.15, 0.2) is 11.4 Å². The first-order chi connectivity index (χ1) is 13.9. The third-order valence-corrected chi connectivity index (χ3v) is 8.28. The van der Waals surface area contributed by atoms with Crippen molar-refractivity contribution in [3.05, 3.63) is 21.9 Å². The van der Waals surface area contributed by atoms with Crippen molar-refractivity contribution in [2.75, 3.05) is 26.7 Å². The molecule has 3 fully saturated rings. The number of nitrogens with zero attached hydrogens (tertiary/aromatic N) is 2. The first kappa shape index (κ1) is 19.1. The van der Waals surface area contributed by atoms with Gasteiger partial charge in [0.15, 0.2) is 0 Å². The number of rotatable bonds is 3. The Labute approximate surface area is 173 Å². The highest BCUT2D eigenvalue weighted by molar-refractivity contribution is 7.10. The zero-order chi connectivity index (χ0) is 20.2. The molecule has 1 aromatic heterocycles. The van der Waals surface area contributed by atoms with Crippen LogP contribution in [0, 0.1) is 5.41 Å². The average Bonchev–Trinajstić information content (AvgIpc) is 3.35. The lowest BCUT2D eigenvalue weighted by Crippen LogP contribution is -2.45. The van der Waals surface area contributed by atoms with Crippen LogP contribution in [0.2, 0.25) is 0 Å². The number of fused-ring (bicyclic) bond motifs is 1. The molecule has 0 radical (unpaired) electrons. The molecule has 0 bridgehead atoms. The van der Waals surface area contributed by atoms with E-state index in [9.17, 15) is 14.4 Å². The average molecular weight is 419 g/mol. The molecule has 3 saturated heterocycles. The normalized spacial score (nSPS) is 28.1. The Kier molecular flexibility index (Phi) is 4.47. The Bertz CT molecular complexity index is 841. The third kappa shape index (κ3) is 2.99. The van der Waals surface area contributed by atoms with Gasteiger partial charge in [-0.2, -0.15) is 0 Å². The first-order valence-corrected chi connectivity index (χ1v) is 11.3. The topological polar surface area (TPSA) is 76.2 Å². The Morgan fingerprint density at radius 1 is 1.17 bits per heavy atom. The third-order valence-electron chi connectivity index (χ3n) is 7.29. The number of hydrogen-bond acceptors (Lipinski definition) is 7. The quantitative estimate of drug-likeness (QED) is 0.554. The number of piperidine rings is 1. The molecule has 8 heteroatoms. The fourth-order valence-electron chi connectivity index (χ4n) is 5.55.